The van der Waals surface area contributed by atoms with Crippen molar-refractivity contribution < 1.29 is 143 Å². The lowest BCUT2D eigenvalue weighted by atomic mass is 9.66. The van der Waals surface area contributed by atoms with Gasteiger partial charge in [-0.15, -0.1) is 0 Å². The average Bonchev–Trinajstić information content (AvgIpc) is 1.65. The monoisotopic (exact) mass is 1590 g/mol. The number of aliphatic hydroxyl groups excluding tert-OH is 1. The van der Waals surface area contributed by atoms with Gasteiger partial charge in [0, 0.05) is 46.3 Å². The number of ether oxygens (including phenoxy) is 13. The van der Waals surface area contributed by atoms with E-state index in [1.54, 1.807) is 36.4 Å². The molecule has 20 rings (SSSR count). The van der Waals surface area contributed by atoms with E-state index in [9.17, 15) is 81.8 Å². The number of carbonyl (C=O) groups excluding carboxylic acids is 16. The first kappa shape index (κ1) is 78.6. The molecule has 1 N–H and O–H groups in total. The number of epoxide rings is 1. The van der Waals surface area contributed by atoms with Gasteiger partial charge in [-0.3, -0.25) is 33.6 Å². The van der Waals surface area contributed by atoms with Crippen molar-refractivity contribution in [3.8, 4) is 11.1 Å². The lowest BCUT2D eigenvalue weighted by Crippen LogP contribution is -2.29. The number of ketones is 1. The molecule has 1 saturated carbocycles. The quantitative estimate of drug-likeness (QED) is 0.0280. The van der Waals surface area contributed by atoms with Crippen molar-refractivity contribution >= 4 is 113 Å². The Bertz CT molecular complexity index is 5330. The molecule has 6 fully saturated rings. The van der Waals surface area contributed by atoms with Gasteiger partial charge in [-0.1, -0.05) is 93.1 Å². The summed E-state index contributed by atoms with van der Waals surface area (Å²) in [5, 5.41) is 9.42. The Morgan fingerprint density at radius 2 is 0.821 bits per heavy atom. The van der Waals surface area contributed by atoms with Crippen LogP contribution in [0.4, 0.5) is 0 Å². The maximum atomic E-state index is 12.6. The molecular formula is C87H66O30. The molecule has 0 amide bonds. The molecule has 117 heavy (non-hydrogen) atoms. The van der Waals surface area contributed by atoms with Crippen molar-refractivity contribution in [3.05, 3.63) is 254 Å². The van der Waals surface area contributed by atoms with E-state index in [0.29, 0.717) is 88.9 Å². The van der Waals surface area contributed by atoms with Gasteiger partial charge in [0.05, 0.1) is 113 Å². The molecule has 6 aromatic carbocycles. The SMILES string of the molecule is C=C1OC(=O)C2C(C)=CC(C3CC(=O)OC3=O)CC12.C=C1OC(=O)C2c3ccccc3C(C3CC(=O)OC3=O)CC12.C=C1OC(=O)c2cc(-c3ccc4c(c3)C(=O)OC4=O)ccc21.C=C1OC(=O)c2cc3c(cc21)C(=O)OC3=O.C=C1OC(=O)c2ccc(C(=O)c3ccc4c(c3)C(=O)OC4=O)cc21.OC(COCC1CC1)COCC1CO1. The third-order valence-corrected chi connectivity index (χ3v) is 21.7. The molecule has 30 heteroatoms. The van der Waals surface area contributed by atoms with Crippen LogP contribution in [0.3, 0.4) is 0 Å². The van der Waals surface area contributed by atoms with Crippen LogP contribution in [0.5, 0.6) is 0 Å². The zero-order chi connectivity index (χ0) is 82.9. The van der Waals surface area contributed by atoms with Crippen molar-refractivity contribution in [2.24, 2.45) is 41.4 Å². The summed E-state index contributed by atoms with van der Waals surface area (Å²) >= 11 is 0. The maximum absolute atomic E-state index is 12.6. The van der Waals surface area contributed by atoms with Crippen LogP contribution in [0.2, 0.25) is 0 Å². The van der Waals surface area contributed by atoms with E-state index < -0.39 is 95.5 Å². The van der Waals surface area contributed by atoms with Gasteiger partial charge in [-0.05, 0) is 133 Å². The van der Waals surface area contributed by atoms with E-state index in [1.165, 1.54) is 61.4 Å². The molecule has 594 valence electrons. The van der Waals surface area contributed by atoms with Crippen LogP contribution in [-0.4, -0.2) is 146 Å². The Hall–Kier alpha value is -13.7. The van der Waals surface area contributed by atoms with E-state index in [2.05, 4.69) is 51.8 Å². The summed E-state index contributed by atoms with van der Waals surface area (Å²) in [7, 11) is 0. The highest BCUT2D eigenvalue weighted by Crippen LogP contribution is 2.54. The topological polar surface area (TPSA) is 417 Å². The van der Waals surface area contributed by atoms with Crippen LogP contribution in [0.15, 0.2) is 165 Å². The Labute approximate surface area is 662 Å². The molecule has 10 unspecified atom stereocenters. The van der Waals surface area contributed by atoms with Gasteiger partial charge in [0.15, 0.2) is 5.78 Å². The number of fused-ring (bicyclic) bond motifs is 10. The largest absolute Gasteiger partial charge is 0.431 e. The summed E-state index contributed by atoms with van der Waals surface area (Å²) in [5.74, 6) is -8.26. The normalized spacial score (nSPS) is 24.0. The molecule has 3 aliphatic carbocycles. The number of cyclic esters (lactones) is 15. The highest BCUT2D eigenvalue weighted by molar-refractivity contribution is 6.19. The number of hydrogen-bond acceptors (Lipinski definition) is 30. The number of esters is 15. The van der Waals surface area contributed by atoms with Gasteiger partial charge in [0.1, 0.15) is 41.0 Å². The van der Waals surface area contributed by atoms with E-state index in [4.69, 9.17) is 42.6 Å². The third kappa shape index (κ3) is 15.8. The first-order valence-corrected chi connectivity index (χ1v) is 36.8. The predicted molar refractivity (Wildman–Crippen MR) is 395 cm³/mol. The van der Waals surface area contributed by atoms with Crippen LogP contribution in [0.25, 0.3) is 28.4 Å². The van der Waals surface area contributed by atoms with Crippen molar-refractivity contribution in [2.45, 2.75) is 69.5 Å². The molecule has 14 aliphatic rings. The van der Waals surface area contributed by atoms with Crippen LogP contribution in [0, 0.1) is 41.4 Å². The third-order valence-electron chi connectivity index (χ3n) is 21.7. The second-order valence-corrected chi connectivity index (χ2v) is 29.3. The Morgan fingerprint density at radius 3 is 1.36 bits per heavy atom. The van der Waals surface area contributed by atoms with Gasteiger partial charge < -0.3 is 66.7 Å². The van der Waals surface area contributed by atoms with Crippen LogP contribution in [-0.2, 0) is 90.3 Å². The maximum Gasteiger partial charge on any atom is 0.346 e. The van der Waals surface area contributed by atoms with Crippen LogP contribution >= 0.6 is 0 Å². The lowest BCUT2D eigenvalue weighted by Gasteiger charge is -2.33. The summed E-state index contributed by atoms with van der Waals surface area (Å²) in [4.78, 5) is 186. The molecule has 10 atom stereocenters. The molecule has 30 nitrogen and oxygen atoms in total. The molecule has 0 bridgehead atoms. The van der Waals surface area contributed by atoms with Crippen LogP contribution < -0.4 is 0 Å². The highest BCUT2D eigenvalue weighted by Gasteiger charge is 2.53. The van der Waals surface area contributed by atoms with Gasteiger partial charge in [-0.2, -0.15) is 0 Å². The van der Waals surface area contributed by atoms with Crippen molar-refractivity contribution in [2.75, 3.05) is 33.0 Å². The Kier molecular flexibility index (Phi) is 21.2. The van der Waals surface area contributed by atoms with Gasteiger partial charge in [0.2, 0.25) is 0 Å². The second kappa shape index (κ2) is 31.6. The summed E-state index contributed by atoms with van der Waals surface area (Å²) in [6.45, 7) is 23.2. The predicted octanol–water partition coefficient (Wildman–Crippen LogP) is 9.88. The highest BCUT2D eigenvalue weighted by atomic mass is 16.6. The zero-order valence-electron chi connectivity index (χ0n) is 61.9. The smallest absolute Gasteiger partial charge is 0.346 e. The van der Waals surface area contributed by atoms with E-state index in [-0.39, 0.29) is 128 Å². The standard InChI is InChI=1S/C18H8O6.C17H8O5.C17H14O5.C14H14O5.C11H4O5.C10H18O4/c1-8-13-6-9(2-4-11(13)16(20)23-8)15(19)10-3-5-12-14(7-10)18(22)24-17(12)21;1-8-11-4-2-9(6-13(11)16(19)21-8)10-3-5-12-14(7-10)17(20)22-15(12)18;1-8-11-6-12(13-7-14(18)22-16(13)19)9-4-2-3-5-10(9)15(11)17(20)21-8;1-6-3-8(10-5-11(15)19-13(10)16)4-9-7(2)18-14(17)12(6)9;1-4-5-2-7-8(11(14)16-10(7)13)3-6(5)9(12)15-4;11-9(4-12-3-8-1-2-8)5-13-6-10-7-14-10/h2-7H,1H2;2-7H,1H2;2-5,11-13,15H,1,6-7H2;3,8-10,12H,2,4-5H2,1H3;2-3H,1H2;8-11H,1-7H2. The van der Waals surface area contributed by atoms with E-state index >= 15 is 0 Å². The van der Waals surface area contributed by atoms with Gasteiger partial charge in [-0.25, -0.2) is 43.2 Å². The fraction of sp³-hybridized carbons (Fsp3) is 0.264. The summed E-state index contributed by atoms with van der Waals surface area (Å²) in [6, 6.07) is 29.0. The second-order valence-electron chi connectivity index (χ2n) is 29.3. The summed E-state index contributed by atoms with van der Waals surface area (Å²) < 4.78 is 63.3. The molecular weight excluding hydrogens is 1520 g/mol. The molecule has 0 spiro atoms. The molecule has 11 heterocycles. The van der Waals surface area contributed by atoms with Crippen molar-refractivity contribution in [3.63, 3.8) is 0 Å². The van der Waals surface area contributed by atoms with Crippen molar-refractivity contribution in [1.82, 2.24) is 0 Å². The van der Waals surface area contributed by atoms with Gasteiger partial charge in [0.25, 0.3) is 0 Å². The fourth-order valence-electron chi connectivity index (χ4n) is 15.5. The molecule has 6 aromatic rings. The number of aliphatic hydroxyl groups is 1. The number of hydrogen-bond donors (Lipinski definition) is 1. The Balaban J connectivity index is 0.000000111. The van der Waals surface area contributed by atoms with Crippen molar-refractivity contribution in [1.29, 1.82) is 0 Å². The first-order valence-electron chi connectivity index (χ1n) is 36.8. The fourth-order valence-corrected chi connectivity index (χ4v) is 15.5. The number of rotatable bonds is 13. The number of allylic oxidation sites excluding steroid dienone is 3. The molecule has 0 aromatic heterocycles. The molecule has 5 saturated heterocycles. The van der Waals surface area contributed by atoms with E-state index in [0.717, 1.165) is 41.4 Å². The average molecular weight is 1590 g/mol. The Morgan fingerprint density at radius 1 is 0.410 bits per heavy atom. The minimum atomic E-state index is -0.772. The van der Waals surface area contributed by atoms with Crippen LogP contribution in [0.1, 0.15) is 194 Å². The zero-order valence-corrected chi connectivity index (χ0v) is 61.9. The van der Waals surface area contributed by atoms with Gasteiger partial charge >= 0.3 is 89.5 Å². The number of benzene rings is 6. The molecule has 0 radical (unpaired) electrons. The minimum absolute atomic E-state index is 0.0648. The number of carbonyl (C=O) groups is 16. The summed E-state index contributed by atoms with van der Waals surface area (Å²) in [5.41, 5.74) is 8.16. The minimum Gasteiger partial charge on any atom is -0.431 e. The van der Waals surface area contributed by atoms with E-state index in [1.807, 2.05) is 37.3 Å². The first-order chi connectivity index (χ1) is 55.9. The summed E-state index contributed by atoms with van der Waals surface area (Å²) in [6.07, 6.45) is 5.63. The molecule has 11 aliphatic heterocycles. The lowest BCUT2D eigenvalue weighted by molar-refractivity contribution is -0.155.